The molecule has 1 unspecified atom stereocenters. The van der Waals surface area contributed by atoms with E-state index in [0.29, 0.717) is 17.3 Å². The van der Waals surface area contributed by atoms with Crippen LogP contribution < -0.4 is 10.6 Å². The Labute approximate surface area is 103 Å². The molecule has 1 heterocycles. The maximum Gasteiger partial charge on any atom is 0.255 e. The average molecular weight is 235 g/mol. The van der Waals surface area contributed by atoms with Crippen LogP contribution in [0.1, 0.15) is 37.6 Å². The van der Waals surface area contributed by atoms with Crippen LogP contribution in [-0.4, -0.2) is 24.0 Å². The third-order valence-electron chi connectivity index (χ3n) is 2.49. The fraction of sp³-hybridized carbons (Fsp3) is 0.538. The van der Waals surface area contributed by atoms with Crippen molar-refractivity contribution in [3.8, 4) is 0 Å². The summed E-state index contributed by atoms with van der Waals surface area (Å²) in [5.74, 6) is 1.11. The monoisotopic (exact) mass is 235 g/mol. The lowest BCUT2D eigenvalue weighted by Crippen LogP contribution is -2.34. The molecule has 0 saturated carbocycles. The molecule has 2 N–H and O–H groups in total. The van der Waals surface area contributed by atoms with Gasteiger partial charge in [-0.05, 0) is 31.4 Å². The van der Waals surface area contributed by atoms with E-state index < -0.39 is 0 Å². The zero-order valence-corrected chi connectivity index (χ0v) is 10.9. The molecule has 17 heavy (non-hydrogen) atoms. The van der Waals surface area contributed by atoms with E-state index in [9.17, 15) is 4.79 Å². The second-order valence-corrected chi connectivity index (χ2v) is 4.65. The third-order valence-corrected chi connectivity index (χ3v) is 2.49. The number of rotatable bonds is 5. The Morgan fingerprint density at radius 1 is 1.41 bits per heavy atom. The molecular formula is C13H21N3O. The molecular weight excluding hydrogens is 214 g/mol. The van der Waals surface area contributed by atoms with E-state index in [0.717, 1.165) is 6.42 Å². The minimum atomic E-state index is -0.0735. The van der Waals surface area contributed by atoms with Gasteiger partial charge in [0.15, 0.2) is 0 Å². The molecule has 0 fully saturated rings. The van der Waals surface area contributed by atoms with Gasteiger partial charge in [-0.3, -0.25) is 4.79 Å². The van der Waals surface area contributed by atoms with Gasteiger partial charge < -0.3 is 10.6 Å². The molecule has 4 heteroatoms. The zero-order chi connectivity index (χ0) is 12.8. The molecule has 1 rings (SSSR count). The van der Waals surface area contributed by atoms with Crippen LogP contribution in [0, 0.1) is 5.92 Å². The predicted octanol–water partition coefficient (Wildman–Crippen LogP) is 2.29. The largest absolute Gasteiger partial charge is 0.372 e. The number of carbonyl (C=O) groups is 1. The van der Waals surface area contributed by atoms with Gasteiger partial charge >= 0.3 is 0 Å². The summed E-state index contributed by atoms with van der Waals surface area (Å²) < 4.78 is 0. The van der Waals surface area contributed by atoms with Crippen molar-refractivity contribution in [1.82, 2.24) is 10.3 Å². The first-order valence-electron chi connectivity index (χ1n) is 5.98. The van der Waals surface area contributed by atoms with E-state index in [1.165, 1.54) is 0 Å². The first-order chi connectivity index (χ1) is 8.04. The number of hydrogen-bond acceptors (Lipinski definition) is 3. The number of nitrogens with zero attached hydrogens (tertiary/aromatic N) is 1. The highest BCUT2D eigenvalue weighted by Crippen LogP contribution is 2.11. The Balaban J connectivity index is 2.69. The summed E-state index contributed by atoms with van der Waals surface area (Å²) in [6.45, 7) is 6.31. The van der Waals surface area contributed by atoms with Crippen molar-refractivity contribution in [1.29, 1.82) is 0 Å². The summed E-state index contributed by atoms with van der Waals surface area (Å²) in [4.78, 5) is 16.1. The van der Waals surface area contributed by atoms with Crippen LogP contribution >= 0.6 is 0 Å². The van der Waals surface area contributed by atoms with Gasteiger partial charge in [-0.1, -0.05) is 13.8 Å². The van der Waals surface area contributed by atoms with Gasteiger partial charge in [0.2, 0.25) is 0 Å². The van der Waals surface area contributed by atoms with Gasteiger partial charge in [0, 0.05) is 19.3 Å². The van der Waals surface area contributed by atoms with E-state index in [4.69, 9.17) is 0 Å². The normalized spacial score (nSPS) is 12.3. The van der Waals surface area contributed by atoms with Crippen molar-refractivity contribution in [2.75, 3.05) is 12.4 Å². The second kappa shape index (κ2) is 6.23. The highest BCUT2D eigenvalue weighted by atomic mass is 16.1. The Morgan fingerprint density at radius 2 is 2.12 bits per heavy atom. The molecule has 0 spiro atoms. The Kier molecular flexibility index (Phi) is 4.94. The maximum atomic E-state index is 12.0. The van der Waals surface area contributed by atoms with Crippen LogP contribution in [0.3, 0.4) is 0 Å². The van der Waals surface area contributed by atoms with Crippen molar-refractivity contribution < 1.29 is 4.79 Å². The topological polar surface area (TPSA) is 54.0 Å². The molecule has 4 nitrogen and oxygen atoms in total. The second-order valence-electron chi connectivity index (χ2n) is 4.65. The van der Waals surface area contributed by atoms with Crippen LogP contribution in [-0.2, 0) is 0 Å². The Hall–Kier alpha value is -1.58. The minimum absolute atomic E-state index is 0.0735. The molecule has 0 aromatic carbocycles. The predicted molar refractivity (Wildman–Crippen MR) is 70.2 cm³/mol. The van der Waals surface area contributed by atoms with Crippen molar-refractivity contribution in [2.24, 2.45) is 5.92 Å². The number of anilines is 1. The molecule has 1 aromatic heterocycles. The Morgan fingerprint density at radius 3 is 2.71 bits per heavy atom. The molecule has 1 aromatic rings. The minimum Gasteiger partial charge on any atom is -0.372 e. The summed E-state index contributed by atoms with van der Waals surface area (Å²) in [5, 5.41) is 5.90. The van der Waals surface area contributed by atoms with Gasteiger partial charge in [-0.15, -0.1) is 0 Å². The molecule has 0 bridgehead atoms. The molecule has 1 amide bonds. The third kappa shape index (κ3) is 4.06. The van der Waals surface area contributed by atoms with Crippen molar-refractivity contribution >= 4 is 11.7 Å². The molecule has 0 aliphatic rings. The molecule has 0 saturated heterocycles. The van der Waals surface area contributed by atoms with E-state index in [2.05, 4.69) is 29.5 Å². The zero-order valence-electron chi connectivity index (χ0n) is 10.9. The Bertz CT molecular complexity index is 377. The lowest BCUT2D eigenvalue weighted by molar-refractivity contribution is 0.0936. The average Bonchev–Trinajstić information content (AvgIpc) is 2.27. The molecule has 1 atom stereocenters. The molecule has 0 radical (unpaired) electrons. The number of pyridine rings is 1. The number of carbonyl (C=O) groups excluding carboxylic acids is 1. The van der Waals surface area contributed by atoms with Crippen LogP contribution in [0.4, 0.5) is 5.82 Å². The molecule has 0 aliphatic carbocycles. The molecule has 94 valence electrons. The van der Waals surface area contributed by atoms with Gasteiger partial charge in [-0.2, -0.15) is 0 Å². The van der Waals surface area contributed by atoms with E-state index >= 15 is 0 Å². The van der Waals surface area contributed by atoms with Crippen molar-refractivity contribution in [3.05, 3.63) is 23.9 Å². The summed E-state index contributed by atoms with van der Waals surface area (Å²) in [6.07, 6.45) is 2.64. The summed E-state index contributed by atoms with van der Waals surface area (Å²) in [7, 11) is 1.76. The van der Waals surface area contributed by atoms with Gasteiger partial charge in [0.1, 0.15) is 5.82 Å². The van der Waals surface area contributed by atoms with E-state index in [1.54, 1.807) is 25.4 Å². The standard InChI is InChI=1S/C13H21N3O/c1-9(2)8-10(3)16-13(17)11-6-5-7-15-12(11)14-4/h5-7,9-10H,8H2,1-4H3,(H,14,15)(H,16,17). The summed E-state index contributed by atoms with van der Waals surface area (Å²) >= 11 is 0. The van der Waals surface area contributed by atoms with Crippen molar-refractivity contribution in [2.45, 2.75) is 33.2 Å². The van der Waals surface area contributed by atoms with Gasteiger partial charge in [0.25, 0.3) is 5.91 Å². The van der Waals surface area contributed by atoms with Gasteiger partial charge in [-0.25, -0.2) is 4.98 Å². The number of nitrogens with one attached hydrogen (secondary N) is 2. The van der Waals surface area contributed by atoms with Crippen LogP contribution in [0.25, 0.3) is 0 Å². The van der Waals surface area contributed by atoms with Crippen LogP contribution in [0.2, 0.25) is 0 Å². The smallest absolute Gasteiger partial charge is 0.255 e. The number of hydrogen-bond donors (Lipinski definition) is 2. The SMILES string of the molecule is CNc1ncccc1C(=O)NC(C)CC(C)C. The first kappa shape index (κ1) is 13.5. The van der Waals surface area contributed by atoms with E-state index in [-0.39, 0.29) is 11.9 Å². The van der Waals surface area contributed by atoms with Crippen LogP contribution in [0.15, 0.2) is 18.3 Å². The fourth-order valence-electron chi connectivity index (χ4n) is 1.86. The highest BCUT2D eigenvalue weighted by Gasteiger charge is 2.14. The lowest BCUT2D eigenvalue weighted by atomic mass is 10.0. The first-order valence-corrected chi connectivity index (χ1v) is 5.98. The van der Waals surface area contributed by atoms with E-state index in [1.807, 2.05) is 6.92 Å². The lowest BCUT2D eigenvalue weighted by Gasteiger charge is -2.16. The number of aromatic nitrogens is 1. The quantitative estimate of drug-likeness (QED) is 0.823. The highest BCUT2D eigenvalue weighted by molar-refractivity contribution is 5.98. The summed E-state index contributed by atoms with van der Waals surface area (Å²) in [5.41, 5.74) is 0.589. The summed E-state index contributed by atoms with van der Waals surface area (Å²) in [6, 6.07) is 3.71. The van der Waals surface area contributed by atoms with Crippen molar-refractivity contribution in [3.63, 3.8) is 0 Å². The van der Waals surface area contributed by atoms with Crippen LogP contribution in [0.5, 0.6) is 0 Å². The maximum absolute atomic E-state index is 12.0. The molecule has 0 aliphatic heterocycles. The number of amides is 1. The fourth-order valence-corrected chi connectivity index (χ4v) is 1.86. The van der Waals surface area contributed by atoms with Gasteiger partial charge in [0.05, 0.1) is 5.56 Å².